The maximum atomic E-state index is 9.45. The van der Waals surface area contributed by atoms with Gasteiger partial charge in [0.25, 0.3) is 0 Å². The first-order chi connectivity index (χ1) is 4.29. The molecule has 0 spiro atoms. The van der Waals surface area contributed by atoms with Gasteiger partial charge in [0.05, 0.1) is 0 Å². The molecule has 5 nitrogen and oxygen atoms in total. The van der Waals surface area contributed by atoms with Gasteiger partial charge in [0.15, 0.2) is 0 Å². The molecule has 0 heterocycles. The first-order valence-electron chi connectivity index (χ1n) is 2.37. The van der Waals surface area contributed by atoms with Gasteiger partial charge in [-0.3, -0.25) is 4.21 Å². The minimum absolute atomic E-state index is 0. The molecular formula is C4H9Na3O5S. The van der Waals surface area contributed by atoms with E-state index in [0.717, 1.165) is 0 Å². The van der Waals surface area contributed by atoms with Gasteiger partial charge in [0, 0.05) is 5.60 Å². The first kappa shape index (κ1) is 29.7. The Morgan fingerprint density at radius 1 is 1.08 bits per heavy atom. The molecule has 0 aliphatic rings. The van der Waals surface area contributed by atoms with Crippen LogP contribution in [-0.4, -0.2) is 18.9 Å². The zero-order chi connectivity index (χ0) is 8.78. The molecule has 0 aromatic carbocycles. The average Bonchev–Trinajstić information content (AvgIpc) is 1.63. The van der Waals surface area contributed by atoms with Crippen LogP contribution in [0.5, 0.6) is 0 Å². The van der Waals surface area contributed by atoms with E-state index in [0.29, 0.717) is 0 Å². The second kappa shape index (κ2) is 17.4. The third-order valence-corrected chi connectivity index (χ3v) is 0.250. The molecule has 0 radical (unpaired) electrons. The van der Waals surface area contributed by atoms with Gasteiger partial charge in [0.1, 0.15) is 0 Å². The standard InChI is InChI=1S/C4H10O2.3Na.H2O3S/c1-4(2,3)6-5;;;;1-4(2)3/h5H,1-3H3;;;;(H2,1,2,3)/q;3*+1;/p-3. The van der Waals surface area contributed by atoms with Crippen molar-refractivity contribution in [1.29, 1.82) is 0 Å². The van der Waals surface area contributed by atoms with E-state index in [2.05, 4.69) is 4.89 Å². The zero-order valence-corrected chi connectivity index (χ0v) is 15.8. The molecule has 0 saturated carbocycles. The Kier molecular flexibility index (Phi) is 39.8. The molecule has 0 aliphatic heterocycles. The summed E-state index contributed by atoms with van der Waals surface area (Å²) in [7, 11) is 0. The van der Waals surface area contributed by atoms with Crippen molar-refractivity contribution < 1.29 is 112 Å². The summed E-state index contributed by atoms with van der Waals surface area (Å²) in [6.07, 6.45) is 0. The van der Waals surface area contributed by atoms with E-state index in [1.165, 1.54) is 0 Å². The molecule has 0 rings (SSSR count). The zero-order valence-electron chi connectivity index (χ0n) is 8.95. The summed E-state index contributed by atoms with van der Waals surface area (Å²) >= 11 is -3.11. The van der Waals surface area contributed by atoms with Gasteiger partial charge in [-0.1, -0.05) is 0 Å². The van der Waals surface area contributed by atoms with Crippen LogP contribution in [-0.2, 0) is 16.2 Å². The van der Waals surface area contributed by atoms with Crippen molar-refractivity contribution in [3.63, 3.8) is 0 Å². The molecule has 0 aromatic heterocycles. The van der Waals surface area contributed by atoms with Crippen LogP contribution < -0.4 is 93.9 Å². The second-order valence-electron chi connectivity index (χ2n) is 2.40. The van der Waals surface area contributed by atoms with Gasteiger partial charge < -0.3 is 19.3 Å². The van der Waals surface area contributed by atoms with Crippen LogP contribution in [0.25, 0.3) is 0 Å². The number of hydrogen-bond donors (Lipinski definition) is 0. The molecule has 0 atom stereocenters. The van der Waals surface area contributed by atoms with Gasteiger partial charge in [-0.05, 0) is 20.8 Å². The Morgan fingerprint density at radius 3 is 1.15 bits per heavy atom. The van der Waals surface area contributed by atoms with Crippen LogP contribution in [0.2, 0.25) is 0 Å². The third kappa shape index (κ3) is 70.5. The van der Waals surface area contributed by atoms with E-state index in [-0.39, 0.29) is 88.7 Å². The fraction of sp³-hybridized carbons (Fsp3) is 1.00. The summed E-state index contributed by atoms with van der Waals surface area (Å²) in [5, 5.41) is 9.45. The monoisotopic (exact) mass is 238 g/mol. The van der Waals surface area contributed by atoms with E-state index in [1.54, 1.807) is 20.8 Å². The predicted molar refractivity (Wildman–Crippen MR) is 30.5 cm³/mol. The summed E-state index contributed by atoms with van der Waals surface area (Å²) < 4.78 is 25.3. The molecular weight excluding hydrogens is 229 g/mol. The molecule has 0 bridgehead atoms. The summed E-state index contributed by atoms with van der Waals surface area (Å²) in [6, 6.07) is 0. The first-order valence-corrected chi connectivity index (χ1v) is 3.37. The molecule has 64 valence electrons. The van der Waals surface area contributed by atoms with Crippen molar-refractivity contribution in [2.24, 2.45) is 0 Å². The fourth-order valence-corrected chi connectivity index (χ4v) is 0. The minimum atomic E-state index is -3.11. The van der Waals surface area contributed by atoms with Crippen molar-refractivity contribution in [2.75, 3.05) is 0 Å². The molecule has 9 heteroatoms. The summed E-state index contributed by atoms with van der Waals surface area (Å²) in [5.41, 5.74) is -0.514. The third-order valence-electron chi connectivity index (χ3n) is 0.250. The Labute approximate surface area is 147 Å². The van der Waals surface area contributed by atoms with E-state index >= 15 is 0 Å². The van der Waals surface area contributed by atoms with Crippen LogP contribution in [0, 0.1) is 0 Å². The minimum Gasteiger partial charge on any atom is -0.784 e. The smallest absolute Gasteiger partial charge is 0.784 e. The average molecular weight is 238 g/mol. The van der Waals surface area contributed by atoms with Crippen molar-refractivity contribution in [3.05, 3.63) is 0 Å². The van der Waals surface area contributed by atoms with E-state index in [4.69, 9.17) is 13.3 Å². The van der Waals surface area contributed by atoms with Gasteiger partial charge in [0.2, 0.25) is 0 Å². The Balaban J connectivity index is -0.0000000279. The molecule has 0 amide bonds. The Bertz CT molecular complexity index is 102. The van der Waals surface area contributed by atoms with Gasteiger partial charge in [-0.2, -0.15) is 0 Å². The SMILES string of the molecule is CC(C)(C)O[O-].O=S([O-])[O-].[Na+].[Na+].[Na+]. The Morgan fingerprint density at radius 2 is 1.15 bits per heavy atom. The maximum Gasteiger partial charge on any atom is 1.00 e. The van der Waals surface area contributed by atoms with Crippen molar-refractivity contribution in [2.45, 2.75) is 26.4 Å². The predicted octanol–water partition coefficient (Wildman–Crippen LogP) is -9.92. The summed E-state index contributed by atoms with van der Waals surface area (Å²) in [6.45, 7) is 5.12. The van der Waals surface area contributed by atoms with Gasteiger partial charge in [-0.25, -0.2) is 0 Å². The Hall–Kier alpha value is 2.99. The quantitative estimate of drug-likeness (QED) is 0.181. The van der Waals surface area contributed by atoms with Crippen molar-refractivity contribution in [1.82, 2.24) is 0 Å². The maximum absolute atomic E-state index is 9.45. The fourth-order valence-electron chi connectivity index (χ4n) is 0. The van der Waals surface area contributed by atoms with Crippen molar-refractivity contribution >= 4 is 11.4 Å². The molecule has 0 unspecified atom stereocenters. The van der Waals surface area contributed by atoms with Crippen LogP contribution in [0.3, 0.4) is 0 Å². The topological polar surface area (TPSA) is 95.5 Å². The largest absolute Gasteiger partial charge is 1.00 e. The van der Waals surface area contributed by atoms with Crippen LogP contribution in [0.1, 0.15) is 20.8 Å². The molecule has 0 aliphatic carbocycles. The van der Waals surface area contributed by atoms with E-state index in [9.17, 15) is 5.26 Å². The molecule has 0 fully saturated rings. The number of hydrogen-bond acceptors (Lipinski definition) is 5. The normalized spacial score (nSPS) is 8.23. The molecule has 13 heavy (non-hydrogen) atoms. The summed E-state index contributed by atoms with van der Waals surface area (Å²) in [4.78, 5) is 3.69. The van der Waals surface area contributed by atoms with E-state index in [1.807, 2.05) is 0 Å². The van der Waals surface area contributed by atoms with Crippen LogP contribution in [0.4, 0.5) is 0 Å². The molecule has 0 aromatic rings. The molecule has 0 N–H and O–H groups in total. The van der Waals surface area contributed by atoms with Crippen LogP contribution >= 0.6 is 0 Å². The summed E-state index contributed by atoms with van der Waals surface area (Å²) in [5.74, 6) is 0. The van der Waals surface area contributed by atoms with Gasteiger partial charge >= 0.3 is 88.7 Å². The van der Waals surface area contributed by atoms with Crippen LogP contribution in [0.15, 0.2) is 0 Å². The molecule has 0 saturated heterocycles. The second-order valence-corrected chi connectivity index (χ2v) is 2.81. The van der Waals surface area contributed by atoms with E-state index < -0.39 is 17.0 Å². The van der Waals surface area contributed by atoms with Gasteiger partial charge in [-0.15, -0.1) is 11.4 Å². The number of rotatable bonds is 0. The van der Waals surface area contributed by atoms with Crippen molar-refractivity contribution in [3.8, 4) is 0 Å².